The Morgan fingerprint density at radius 1 is 0.515 bits per heavy atom. The van der Waals surface area contributed by atoms with E-state index in [1.54, 1.807) is 0 Å². The zero-order chi connectivity index (χ0) is 22.0. The van der Waals surface area contributed by atoms with E-state index < -0.39 is 0 Å². The van der Waals surface area contributed by atoms with Gasteiger partial charge in [0.2, 0.25) is 0 Å². The Kier molecular flexibility index (Phi) is 3.73. The van der Waals surface area contributed by atoms with Crippen molar-refractivity contribution in [3.63, 3.8) is 0 Å². The van der Waals surface area contributed by atoms with E-state index in [9.17, 15) is 5.11 Å². The molecule has 0 heterocycles. The predicted molar refractivity (Wildman–Crippen MR) is 135 cm³/mol. The second kappa shape index (κ2) is 6.59. The number of rotatable bonds is 2. The van der Waals surface area contributed by atoms with Crippen molar-refractivity contribution < 1.29 is 5.11 Å². The van der Waals surface area contributed by atoms with Crippen molar-refractivity contribution in [3.8, 4) is 16.9 Å². The summed E-state index contributed by atoms with van der Waals surface area (Å²) in [6.07, 6.45) is 1.99. The van der Waals surface area contributed by atoms with Crippen molar-refractivity contribution in [1.82, 2.24) is 0 Å². The normalized spacial score (nSPS) is 16.8. The maximum absolute atomic E-state index is 11.0. The lowest BCUT2D eigenvalue weighted by Gasteiger charge is -2.57. The molecule has 1 fully saturated rings. The monoisotopic (exact) mass is 424 g/mol. The molecular formula is C32H24O. The van der Waals surface area contributed by atoms with Gasteiger partial charge in [0.25, 0.3) is 0 Å². The molecule has 1 nitrogen and oxygen atoms in total. The average molecular weight is 425 g/mol. The van der Waals surface area contributed by atoms with Gasteiger partial charge in [0.15, 0.2) is 0 Å². The van der Waals surface area contributed by atoms with Crippen molar-refractivity contribution in [3.05, 3.63) is 138 Å². The van der Waals surface area contributed by atoms with Crippen LogP contribution in [-0.4, -0.2) is 5.11 Å². The van der Waals surface area contributed by atoms with E-state index in [4.69, 9.17) is 0 Å². The third kappa shape index (κ3) is 2.37. The summed E-state index contributed by atoms with van der Waals surface area (Å²) >= 11 is 0. The SMILES string of the molecule is Oc1cc2c(c3ccccc13)-c1ccccc1C21CC(c2ccccc2)(c2ccccc2)C1. The first-order valence-electron chi connectivity index (χ1n) is 11.7. The Labute approximate surface area is 194 Å². The maximum atomic E-state index is 11.0. The fourth-order valence-corrected chi connectivity index (χ4v) is 6.74. The molecule has 158 valence electrons. The van der Waals surface area contributed by atoms with Gasteiger partial charge in [0.1, 0.15) is 5.75 Å². The summed E-state index contributed by atoms with van der Waals surface area (Å²) in [6, 6.07) is 41.1. The van der Waals surface area contributed by atoms with Gasteiger partial charge in [-0.15, -0.1) is 0 Å². The molecule has 0 bridgehead atoms. The van der Waals surface area contributed by atoms with E-state index in [-0.39, 0.29) is 10.8 Å². The molecule has 1 heteroatoms. The fourth-order valence-electron chi connectivity index (χ4n) is 6.74. The molecule has 0 radical (unpaired) electrons. The Morgan fingerprint density at radius 3 is 1.73 bits per heavy atom. The second-order valence-corrected chi connectivity index (χ2v) is 9.66. The Bertz CT molecular complexity index is 1470. The van der Waals surface area contributed by atoms with Gasteiger partial charge < -0.3 is 5.11 Å². The summed E-state index contributed by atoms with van der Waals surface area (Å²) < 4.78 is 0. The first kappa shape index (κ1) is 18.7. The van der Waals surface area contributed by atoms with Crippen molar-refractivity contribution in [1.29, 1.82) is 0 Å². The van der Waals surface area contributed by atoms with Gasteiger partial charge in [0, 0.05) is 16.2 Å². The molecule has 0 amide bonds. The smallest absolute Gasteiger partial charge is 0.123 e. The minimum absolute atomic E-state index is 0.0431. The molecule has 1 saturated carbocycles. The minimum Gasteiger partial charge on any atom is -0.507 e. The predicted octanol–water partition coefficient (Wildman–Crippen LogP) is 7.59. The summed E-state index contributed by atoms with van der Waals surface area (Å²) in [6.45, 7) is 0. The van der Waals surface area contributed by atoms with Crippen LogP contribution in [0.5, 0.6) is 5.75 Å². The van der Waals surface area contributed by atoms with Gasteiger partial charge in [-0.3, -0.25) is 0 Å². The van der Waals surface area contributed by atoms with E-state index in [0.717, 1.165) is 23.6 Å². The van der Waals surface area contributed by atoms with Crippen LogP contribution < -0.4 is 0 Å². The third-order valence-corrected chi connectivity index (χ3v) is 8.11. The molecule has 0 atom stereocenters. The van der Waals surface area contributed by atoms with E-state index in [1.807, 2.05) is 12.1 Å². The standard InChI is InChI=1S/C32H24O/c33-29-19-28-30(25-16-8-7-15-24(25)29)26-17-9-10-18-27(26)32(28)20-31(21-32,22-11-3-1-4-12-22)23-13-5-2-6-14-23/h1-19,33H,20-21H2. The van der Waals surface area contributed by atoms with Gasteiger partial charge >= 0.3 is 0 Å². The van der Waals surface area contributed by atoms with Gasteiger partial charge in [-0.25, -0.2) is 0 Å². The first-order valence-corrected chi connectivity index (χ1v) is 11.7. The minimum atomic E-state index is -0.0981. The number of phenols is 1. The molecule has 1 spiro atoms. The third-order valence-electron chi connectivity index (χ3n) is 8.11. The van der Waals surface area contributed by atoms with Crippen LogP contribution in [0.2, 0.25) is 0 Å². The van der Waals surface area contributed by atoms with Crippen LogP contribution in [0.3, 0.4) is 0 Å². The zero-order valence-electron chi connectivity index (χ0n) is 18.3. The highest BCUT2D eigenvalue weighted by Gasteiger charge is 2.61. The van der Waals surface area contributed by atoms with Crippen LogP contribution in [0.25, 0.3) is 21.9 Å². The van der Waals surface area contributed by atoms with E-state index in [1.165, 1.54) is 33.4 Å². The zero-order valence-corrected chi connectivity index (χ0v) is 18.3. The van der Waals surface area contributed by atoms with Crippen molar-refractivity contribution in [2.75, 3.05) is 0 Å². The summed E-state index contributed by atoms with van der Waals surface area (Å²) in [5.74, 6) is 0.383. The van der Waals surface area contributed by atoms with Gasteiger partial charge in [-0.1, -0.05) is 109 Å². The number of phenolic OH excluding ortho intramolecular Hbond substituents is 1. The van der Waals surface area contributed by atoms with Crippen LogP contribution in [0.4, 0.5) is 0 Å². The van der Waals surface area contributed by atoms with Crippen LogP contribution >= 0.6 is 0 Å². The molecule has 2 aliphatic carbocycles. The average Bonchev–Trinajstić information content (AvgIpc) is 3.14. The summed E-state index contributed by atoms with van der Waals surface area (Å²) in [7, 11) is 0. The number of benzene rings is 5. The second-order valence-electron chi connectivity index (χ2n) is 9.66. The molecular weight excluding hydrogens is 400 g/mol. The Morgan fingerprint density at radius 2 is 1.06 bits per heavy atom. The quantitative estimate of drug-likeness (QED) is 0.309. The highest BCUT2D eigenvalue weighted by Crippen LogP contribution is 2.68. The van der Waals surface area contributed by atoms with E-state index in [0.29, 0.717) is 5.75 Å². The molecule has 0 unspecified atom stereocenters. The highest BCUT2D eigenvalue weighted by molar-refractivity contribution is 6.05. The lowest BCUT2D eigenvalue weighted by molar-refractivity contribution is 0.175. The molecule has 7 rings (SSSR count). The fraction of sp³-hybridized carbons (Fsp3) is 0.125. The first-order chi connectivity index (χ1) is 16.2. The lowest BCUT2D eigenvalue weighted by Crippen LogP contribution is -2.53. The molecule has 0 aromatic heterocycles. The molecule has 33 heavy (non-hydrogen) atoms. The Hall–Kier alpha value is -3.84. The van der Waals surface area contributed by atoms with Gasteiger partial charge in [-0.05, 0) is 57.7 Å². The topological polar surface area (TPSA) is 20.2 Å². The molecule has 0 saturated heterocycles. The van der Waals surface area contributed by atoms with Crippen LogP contribution in [0.15, 0.2) is 115 Å². The molecule has 5 aromatic carbocycles. The van der Waals surface area contributed by atoms with Gasteiger partial charge in [0.05, 0.1) is 0 Å². The number of hydrogen-bond donors (Lipinski definition) is 1. The summed E-state index contributed by atoms with van der Waals surface area (Å²) in [5, 5.41) is 13.1. The van der Waals surface area contributed by atoms with Crippen molar-refractivity contribution in [2.45, 2.75) is 23.7 Å². The number of fused-ring (bicyclic) bond motifs is 7. The van der Waals surface area contributed by atoms with E-state index in [2.05, 4.69) is 103 Å². The van der Waals surface area contributed by atoms with Crippen LogP contribution in [-0.2, 0) is 10.8 Å². The van der Waals surface area contributed by atoms with Crippen molar-refractivity contribution in [2.24, 2.45) is 0 Å². The van der Waals surface area contributed by atoms with Crippen molar-refractivity contribution >= 4 is 10.8 Å². The van der Waals surface area contributed by atoms with Gasteiger partial charge in [-0.2, -0.15) is 0 Å². The maximum Gasteiger partial charge on any atom is 0.123 e. The van der Waals surface area contributed by atoms with Crippen LogP contribution in [0, 0.1) is 0 Å². The molecule has 0 aliphatic heterocycles. The van der Waals surface area contributed by atoms with Crippen LogP contribution in [0.1, 0.15) is 35.1 Å². The molecule has 1 N–H and O–H groups in total. The molecule has 5 aromatic rings. The lowest BCUT2D eigenvalue weighted by atomic mass is 9.45. The summed E-state index contributed by atoms with van der Waals surface area (Å²) in [5.41, 5.74) is 7.90. The largest absolute Gasteiger partial charge is 0.507 e. The number of hydrogen-bond acceptors (Lipinski definition) is 1. The van der Waals surface area contributed by atoms with E-state index >= 15 is 0 Å². The number of aromatic hydroxyl groups is 1. The Balaban J connectivity index is 1.50. The molecule has 2 aliphatic rings. The highest BCUT2D eigenvalue weighted by atomic mass is 16.3. The summed E-state index contributed by atoms with van der Waals surface area (Å²) in [4.78, 5) is 0.